The number of sulfonamides is 1. The molecule has 0 unspecified atom stereocenters. The molecule has 0 spiro atoms. The van der Waals surface area contributed by atoms with Crippen molar-refractivity contribution < 1.29 is 12.8 Å². The Morgan fingerprint density at radius 2 is 1.76 bits per heavy atom. The first-order chi connectivity index (χ1) is 13.4. The monoisotopic (exact) mass is 532 g/mol. The average molecular weight is 532 g/mol. The van der Waals surface area contributed by atoms with Crippen molar-refractivity contribution >= 4 is 40.0 Å². The maximum absolute atomic E-state index is 14.1. The van der Waals surface area contributed by atoms with Gasteiger partial charge in [-0.3, -0.25) is 4.99 Å². The number of guanidine groups is 1. The summed E-state index contributed by atoms with van der Waals surface area (Å²) in [7, 11) is -0.371. The number of aliphatic imine (C=N–C) groups is 1. The van der Waals surface area contributed by atoms with Gasteiger partial charge in [0, 0.05) is 25.6 Å². The summed E-state index contributed by atoms with van der Waals surface area (Å²) in [6.07, 6.45) is 1.89. The van der Waals surface area contributed by atoms with Gasteiger partial charge in [0.25, 0.3) is 0 Å². The quantitative estimate of drug-likeness (QED) is 0.291. The van der Waals surface area contributed by atoms with Crippen LogP contribution in [0.4, 0.5) is 4.39 Å². The molecule has 0 radical (unpaired) electrons. The molecule has 29 heavy (non-hydrogen) atoms. The predicted octanol–water partition coefficient (Wildman–Crippen LogP) is 2.75. The van der Waals surface area contributed by atoms with Crippen LogP contribution in [0.2, 0.25) is 0 Å². The Balaban J connectivity index is 0.00000300. The Labute approximate surface area is 188 Å². The standard InChI is InChI=1S/C20H25FN4O2S.HI/c1-22-19(24-13-15-7-9-16(10-8-15)28(26,27)23-2)25-14-20(11-12-20)17-5-3-4-6-18(17)21;/h3-10,23H,11-14H2,1-2H3,(H2,22,24,25);1H. The third kappa shape index (κ3) is 5.67. The molecular weight excluding hydrogens is 506 g/mol. The topological polar surface area (TPSA) is 82.6 Å². The third-order valence-electron chi connectivity index (χ3n) is 5.08. The lowest BCUT2D eigenvalue weighted by molar-refractivity contribution is 0.559. The van der Waals surface area contributed by atoms with E-state index in [0.29, 0.717) is 19.0 Å². The maximum Gasteiger partial charge on any atom is 0.240 e. The lowest BCUT2D eigenvalue weighted by Gasteiger charge is -2.19. The summed E-state index contributed by atoms with van der Waals surface area (Å²) in [4.78, 5) is 4.44. The summed E-state index contributed by atoms with van der Waals surface area (Å²) in [6, 6.07) is 13.6. The third-order valence-corrected chi connectivity index (χ3v) is 6.51. The van der Waals surface area contributed by atoms with Crippen LogP contribution in [-0.2, 0) is 22.0 Å². The first kappa shape index (κ1) is 23.6. The number of nitrogens with one attached hydrogen (secondary N) is 3. The van der Waals surface area contributed by atoms with Gasteiger partial charge in [-0.1, -0.05) is 30.3 Å². The maximum atomic E-state index is 14.1. The van der Waals surface area contributed by atoms with Gasteiger partial charge < -0.3 is 10.6 Å². The lowest BCUT2D eigenvalue weighted by atomic mass is 9.95. The molecule has 1 aliphatic rings. The summed E-state index contributed by atoms with van der Waals surface area (Å²) in [5, 5.41) is 6.48. The second-order valence-corrected chi connectivity index (χ2v) is 8.78. The molecule has 0 aromatic heterocycles. The normalized spacial score (nSPS) is 15.3. The van der Waals surface area contributed by atoms with E-state index >= 15 is 0 Å². The van der Waals surface area contributed by atoms with Crippen molar-refractivity contribution in [2.75, 3.05) is 20.6 Å². The zero-order valence-electron chi connectivity index (χ0n) is 16.4. The molecule has 0 bridgehead atoms. The summed E-state index contributed by atoms with van der Waals surface area (Å²) in [6.45, 7) is 1.10. The fourth-order valence-corrected chi connectivity index (χ4v) is 3.88. The molecule has 3 rings (SSSR count). The highest BCUT2D eigenvalue weighted by molar-refractivity contribution is 14.0. The van der Waals surface area contributed by atoms with Crippen molar-refractivity contribution in [2.45, 2.75) is 29.7 Å². The Hall–Kier alpha value is -1.72. The summed E-state index contributed by atoms with van der Waals surface area (Å²) in [5.74, 6) is 0.455. The van der Waals surface area contributed by atoms with Crippen molar-refractivity contribution in [3.63, 3.8) is 0 Å². The zero-order chi connectivity index (χ0) is 20.2. The minimum Gasteiger partial charge on any atom is -0.356 e. The van der Waals surface area contributed by atoms with Crippen LogP contribution in [0.3, 0.4) is 0 Å². The zero-order valence-corrected chi connectivity index (χ0v) is 19.6. The largest absolute Gasteiger partial charge is 0.356 e. The van der Waals surface area contributed by atoms with Crippen molar-refractivity contribution in [1.82, 2.24) is 15.4 Å². The highest BCUT2D eigenvalue weighted by Gasteiger charge is 2.45. The first-order valence-corrected chi connectivity index (χ1v) is 10.6. The molecule has 158 valence electrons. The first-order valence-electron chi connectivity index (χ1n) is 9.12. The smallest absolute Gasteiger partial charge is 0.240 e. The van der Waals surface area contributed by atoms with Crippen LogP contribution in [0, 0.1) is 5.82 Å². The average Bonchev–Trinajstić information content (AvgIpc) is 3.49. The minimum absolute atomic E-state index is 0. The molecule has 0 aliphatic heterocycles. The Kier molecular flexibility index (Phi) is 8.01. The summed E-state index contributed by atoms with van der Waals surface area (Å²) < 4.78 is 39.9. The van der Waals surface area contributed by atoms with E-state index in [2.05, 4.69) is 20.3 Å². The van der Waals surface area contributed by atoms with Crippen molar-refractivity contribution in [2.24, 2.45) is 4.99 Å². The van der Waals surface area contributed by atoms with Gasteiger partial charge >= 0.3 is 0 Å². The number of rotatable bonds is 7. The molecule has 9 heteroatoms. The number of hydrogen-bond acceptors (Lipinski definition) is 3. The molecule has 0 heterocycles. The molecule has 1 saturated carbocycles. The van der Waals surface area contributed by atoms with E-state index in [1.54, 1.807) is 37.4 Å². The number of nitrogens with zero attached hydrogens (tertiary/aromatic N) is 1. The minimum atomic E-state index is -3.44. The molecule has 0 saturated heterocycles. The van der Waals surface area contributed by atoms with Crippen LogP contribution in [0.5, 0.6) is 0 Å². The molecule has 3 N–H and O–H groups in total. The fourth-order valence-electron chi connectivity index (χ4n) is 3.15. The molecule has 2 aromatic rings. The second-order valence-electron chi connectivity index (χ2n) is 6.89. The van der Waals surface area contributed by atoms with Crippen LogP contribution in [-0.4, -0.2) is 35.0 Å². The highest BCUT2D eigenvalue weighted by atomic mass is 127. The number of halogens is 2. The van der Waals surface area contributed by atoms with Crippen LogP contribution in [0.25, 0.3) is 0 Å². The molecule has 1 aliphatic carbocycles. The highest BCUT2D eigenvalue weighted by Crippen LogP contribution is 2.48. The molecule has 6 nitrogen and oxygen atoms in total. The fraction of sp³-hybridized carbons (Fsp3) is 0.350. The number of hydrogen-bond donors (Lipinski definition) is 3. The van der Waals surface area contributed by atoms with Gasteiger partial charge in [0.1, 0.15) is 5.82 Å². The van der Waals surface area contributed by atoms with E-state index in [1.165, 1.54) is 13.1 Å². The van der Waals surface area contributed by atoms with Crippen LogP contribution in [0.1, 0.15) is 24.0 Å². The van der Waals surface area contributed by atoms with Gasteiger partial charge in [0.05, 0.1) is 4.90 Å². The molecule has 0 atom stereocenters. The van der Waals surface area contributed by atoms with Crippen LogP contribution < -0.4 is 15.4 Å². The Morgan fingerprint density at radius 3 is 2.31 bits per heavy atom. The van der Waals surface area contributed by atoms with E-state index in [1.807, 2.05) is 12.1 Å². The molecule has 1 fully saturated rings. The van der Waals surface area contributed by atoms with Gasteiger partial charge in [0.15, 0.2) is 5.96 Å². The Bertz CT molecular complexity index is 961. The summed E-state index contributed by atoms with van der Waals surface area (Å²) >= 11 is 0. The van der Waals surface area contributed by atoms with Crippen molar-refractivity contribution in [1.29, 1.82) is 0 Å². The molecular formula is C20H26FIN4O2S. The Morgan fingerprint density at radius 1 is 1.10 bits per heavy atom. The van der Waals surface area contributed by atoms with Gasteiger partial charge in [-0.05, 0) is 49.2 Å². The SMILES string of the molecule is CN=C(NCc1ccc(S(=O)(=O)NC)cc1)NCC1(c2ccccc2F)CC1.I. The second kappa shape index (κ2) is 9.86. The van der Waals surface area contributed by atoms with Crippen molar-refractivity contribution in [3.8, 4) is 0 Å². The van der Waals surface area contributed by atoms with Gasteiger partial charge in [0.2, 0.25) is 10.0 Å². The lowest BCUT2D eigenvalue weighted by Crippen LogP contribution is -2.41. The molecule has 2 aromatic carbocycles. The van der Waals surface area contributed by atoms with Crippen LogP contribution >= 0.6 is 24.0 Å². The van der Waals surface area contributed by atoms with E-state index in [-0.39, 0.29) is 40.1 Å². The van der Waals surface area contributed by atoms with Crippen molar-refractivity contribution in [3.05, 3.63) is 65.5 Å². The summed E-state index contributed by atoms with van der Waals surface area (Å²) in [5.41, 5.74) is 1.50. The van der Waals surface area contributed by atoms with E-state index in [0.717, 1.165) is 24.0 Å². The predicted molar refractivity (Wildman–Crippen MR) is 124 cm³/mol. The van der Waals surface area contributed by atoms with Gasteiger partial charge in [-0.2, -0.15) is 0 Å². The van der Waals surface area contributed by atoms with E-state index in [4.69, 9.17) is 0 Å². The van der Waals surface area contributed by atoms with Gasteiger partial charge in [-0.25, -0.2) is 17.5 Å². The van der Waals surface area contributed by atoms with Crippen LogP contribution in [0.15, 0.2) is 58.4 Å². The van der Waals surface area contributed by atoms with E-state index in [9.17, 15) is 12.8 Å². The molecule has 0 amide bonds. The number of benzene rings is 2. The van der Waals surface area contributed by atoms with E-state index < -0.39 is 10.0 Å². The van der Waals surface area contributed by atoms with Gasteiger partial charge in [-0.15, -0.1) is 24.0 Å².